The number of aromatic amines is 1. The topological polar surface area (TPSA) is 91.0 Å². The van der Waals surface area contributed by atoms with Crippen LogP contribution >= 0.6 is 0 Å². The molecule has 0 fully saturated rings. The molecule has 0 saturated carbocycles. The number of nitrogens with one attached hydrogen (secondary N) is 2. The molecule has 1 amide bonds. The summed E-state index contributed by atoms with van der Waals surface area (Å²) in [5, 5.41) is 2.86. The van der Waals surface area contributed by atoms with E-state index in [9.17, 15) is 9.59 Å². The Hall–Kier alpha value is -3.48. The van der Waals surface area contributed by atoms with Crippen molar-refractivity contribution in [2.24, 2.45) is 0 Å². The Bertz CT molecular complexity index is 1030. The SMILES string of the molecule is Cc1nc(-c2ccccn2)[nH]c(=O)c1CC(=O)NCc1cccc(N(C)C)c1. The zero-order valence-corrected chi connectivity index (χ0v) is 16.2. The Morgan fingerprint density at radius 2 is 2.00 bits per heavy atom. The van der Waals surface area contributed by atoms with Crippen molar-refractivity contribution in [3.05, 3.63) is 75.8 Å². The fourth-order valence-corrected chi connectivity index (χ4v) is 2.81. The lowest BCUT2D eigenvalue weighted by Gasteiger charge is -2.14. The predicted octanol–water partition coefficient (Wildman–Crippen LogP) is 2.07. The largest absolute Gasteiger partial charge is 0.378 e. The summed E-state index contributed by atoms with van der Waals surface area (Å²) in [4.78, 5) is 38.1. The van der Waals surface area contributed by atoms with Gasteiger partial charge in [-0.1, -0.05) is 18.2 Å². The van der Waals surface area contributed by atoms with Gasteiger partial charge in [-0.05, 0) is 36.8 Å². The molecular formula is C21H23N5O2. The number of aryl methyl sites for hydroxylation is 1. The van der Waals surface area contributed by atoms with Gasteiger partial charge in [0.1, 0.15) is 5.69 Å². The minimum absolute atomic E-state index is 0.0238. The number of hydrogen-bond donors (Lipinski definition) is 2. The highest BCUT2D eigenvalue weighted by atomic mass is 16.2. The Labute approximate surface area is 163 Å². The van der Waals surface area contributed by atoms with Crippen LogP contribution in [0.25, 0.3) is 11.5 Å². The Kier molecular flexibility index (Phi) is 5.84. The highest BCUT2D eigenvalue weighted by Gasteiger charge is 2.14. The van der Waals surface area contributed by atoms with Gasteiger partial charge in [0, 0.05) is 43.8 Å². The number of carbonyl (C=O) groups is 1. The molecule has 0 bridgehead atoms. The molecule has 2 aromatic heterocycles. The molecule has 3 aromatic rings. The van der Waals surface area contributed by atoms with Crippen molar-refractivity contribution in [1.82, 2.24) is 20.3 Å². The van der Waals surface area contributed by atoms with Gasteiger partial charge in [0.2, 0.25) is 5.91 Å². The van der Waals surface area contributed by atoms with E-state index in [1.54, 1.807) is 25.3 Å². The van der Waals surface area contributed by atoms with E-state index < -0.39 is 0 Å². The van der Waals surface area contributed by atoms with Crippen LogP contribution in [0.3, 0.4) is 0 Å². The van der Waals surface area contributed by atoms with E-state index >= 15 is 0 Å². The lowest BCUT2D eigenvalue weighted by atomic mass is 10.1. The molecule has 7 heteroatoms. The molecule has 3 rings (SSSR count). The number of carbonyl (C=O) groups excluding carboxylic acids is 1. The summed E-state index contributed by atoms with van der Waals surface area (Å²) in [5.74, 6) is 0.170. The molecule has 7 nitrogen and oxygen atoms in total. The van der Waals surface area contributed by atoms with Crippen molar-refractivity contribution < 1.29 is 4.79 Å². The van der Waals surface area contributed by atoms with Crippen LogP contribution in [-0.2, 0) is 17.8 Å². The summed E-state index contributed by atoms with van der Waals surface area (Å²) in [6.07, 6.45) is 1.61. The molecule has 2 heterocycles. The van der Waals surface area contributed by atoms with E-state index in [1.165, 1.54) is 0 Å². The van der Waals surface area contributed by atoms with Gasteiger partial charge in [0.15, 0.2) is 5.82 Å². The van der Waals surface area contributed by atoms with Crippen LogP contribution in [0.4, 0.5) is 5.69 Å². The number of nitrogens with zero attached hydrogens (tertiary/aromatic N) is 3. The molecule has 0 saturated heterocycles. The summed E-state index contributed by atoms with van der Waals surface area (Å²) >= 11 is 0. The van der Waals surface area contributed by atoms with Crippen molar-refractivity contribution in [3.63, 3.8) is 0 Å². The summed E-state index contributed by atoms with van der Waals surface area (Å²) in [7, 11) is 3.93. The van der Waals surface area contributed by atoms with Gasteiger partial charge < -0.3 is 15.2 Å². The van der Waals surface area contributed by atoms with Crippen LogP contribution in [0.1, 0.15) is 16.8 Å². The number of benzene rings is 1. The third-order valence-electron chi connectivity index (χ3n) is 4.38. The highest BCUT2D eigenvalue weighted by molar-refractivity contribution is 5.78. The quantitative estimate of drug-likeness (QED) is 0.686. The molecule has 0 spiro atoms. The zero-order valence-electron chi connectivity index (χ0n) is 16.2. The van der Waals surface area contributed by atoms with Crippen molar-refractivity contribution in [2.75, 3.05) is 19.0 Å². The molecule has 0 radical (unpaired) electrons. The molecule has 144 valence electrons. The summed E-state index contributed by atoms with van der Waals surface area (Å²) in [5.41, 5.74) is 3.20. The predicted molar refractivity (Wildman–Crippen MR) is 109 cm³/mol. The highest BCUT2D eigenvalue weighted by Crippen LogP contribution is 2.14. The van der Waals surface area contributed by atoms with Crippen molar-refractivity contribution >= 4 is 11.6 Å². The minimum Gasteiger partial charge on any atom is -0.378 e. The van der Waals surface area contributed by atoms with Crippen LogP contribution in [0.5, 0.6) is 0 Å². The maximum atomic E-state index is 12.5. The van der Waals surface area contributed by atoms with Crippen LogP contribution in [-0.4, -0.2) is 35.0 Å². The first kappa shape index (κ1) is 19.3. The third kappa shape index (κ3) is 4.62. The fraction of sp³-hybridized carbons (Fsp3) is 0.238. The number of H-pyrrole nitrogens is 1. The second-order valence-electron chi connectivity index (χ2n) is 6.71. The molecule has 28 heavy (non-hydrogen) atoms. The molecule has 0 atom stereocenters. The summed E-state index contributed by atoms with van der Waals surface area (Å²) in [6, 6.07) is 13.3. The van der Waals surface area contributed by atoms with E-state index in [0.29, 0.717) is 29.3 Å². The monoisotopic (exact) mass is 377 g/mol. The van der Waals surface area contributed by atoms with Crippen molar-refractivity contribution in [2.45, 2.75) is 19.9 Å². The van der Waals surface area contributed by atoms with Gasteiger partial charge in [-0.25, -0.2) is 4.98 Å². The molecule has 2 N–H and O–H groups in total. The van der Waals surface area contributed by atoms with Crippen LogP contribution in [0.15, 0.2) is 53.5 Å². The second-order valence-corrected chi connectivity index (χ2v) is 6.71. The maximum Gasteiger partial charge on any atom is 0.255 e. The maximum absolute atomic E-state index is 12.5. The fourth-order valence-electron chi connectivity index (χ4n) is 2.81. The average Bonchev–Trinajstić information content (AvgIpc) is 2.70. The van der Waals surface area contributed by atoms with Crippen LogP contribution < -0.4 is 15.8 Å². The number of amides is 1. The third-order valence-corrected chi connectivity index (χ3v) is 4.38. The number of anilines is 1. The number of rotatable bonds is 6. The molecule has 0 unspecified atom stereocenters. The standard InChI is InChI=1S/C21H23N5O2/c1-14-17(21(28)25-20(24-14)18-9-4-5-10-22-18)12-19(27)23-13-15-7-6-8-16(11-15)26(2)3/h4-11H,12-13H2,1-3H3,(H,23,27)(H,24,25,28). The van der Waals surface area contributed by atoms with E-state index in [4.69, 9.17) is 0 Å². The van der Waals surface area contributed by atoms with Crippen molar-refractivity contribution in [1.29, 1.82) is 0 Å². The lowest BCUT2D eigenvalue weighted by molar-refractivity contribution is -0.120. The molecule has 0 aliphatic carbocycles. The van der Waals surface area contributed by atoms with Gasteiger partial charge in [-0.15, -0.1) is 0 Å². The first-order valence-corrected chi connectivity index (χ1v) is 8.98. The first-order valence-electron chi connectivity index (χ1n) is 8.98. The van der Waals surface area contributed by atoms with Crippen LogP contribution in [0.2, 0.25) is 0 Å². The molecule has 0 aliphatic rings. The van der Waals surface area contributed by atoms with Gasteiger partial charge >= 0.3 is 0 Å². The normalized spacial score (nSPS) is 10.5. The Balaban J connectivity index is 1.69. The van der Waals surface area contributed by atoms with E-state index in [1.807, 2.05) is 49.3 Å². The van der Waals surface area contributed by atoms with Gasteiger partial charge in [0.25, 0.3) is 5.56 Å². The Morgan fingerprint density at radius 1 is 1.18 bits per heavy atom. The summed E-state index contributed by atoms with van der Waals surface area (Å²) in [6.45, 7) is 2.13. The average molecular weight is 377 g/mol. The van der Waals surface area contributed by atoms with E-state index in [2.05, 4.69) is 20.3 Å². The smallest absolute Gasteiger partial charge is 0.255 e. The lowest BCUT2D eigenvalue weighted by Crippen LogP contribution is -2.29. The second kappa shape index (κ2) is 8.47. The summed E-state index contributed by atoms with van der Waals surface area (Å²) < 4.78 is 0. The zero-order chi connectivity index (χ0) is 20.1. The van der Waals surface area contributed by atoms with Gasteiger partial charge in [0.05, 0.1) is 6.42 Å². The van der Waals surface area contributed by atoms with Gasteiger partial charge in [-0.2, -0.15) is 0 Å². The molecule has 1 aromatic carbocycles. The number of pyridine rings is 1. The molecular weight excluding hydrogens is 354 g/mol. The Morgan fingerprint density at radius 3 is 2.68 bits per heavy atom. The van der Waals surface area contributed by atoms with E-state index in [-0.39, 0.29) is 17.9 Å². The van der Waals surface area contributed by atoms with E-state index in [0.717, 1.165) is 11.3 Å². The first-order chi connectivity index (χ1) is 13.4. The molecule has 0 aliphatic heterocycles. The van der Waals surface area contributed by atoms with Gasteiger partial charge in [-0.3, -0.25) is 14.6 Å². The number of aromatic nitrogens is 3. The van der Waals surface area contributed by atoms with Crippen LogP contribution in [0, 0.1) is 6.92 Å². The van der Waals surface area contributed by atoms with Crippen molar-refractivity contribution in [3.8, 4) is 11.5 Å². The number of hydrogen-bond acceptors (Lipinski definition) is 5. The minimum atomic E-state index is -0.321.